The Morgan fingerprint density at radius 2 is 1.70 bits per heavy atom. The summed E-state index contributed by atoms with van der Waals surface area (Å²) in [6, 6.07) is 12.0. The highest BCUT2D eigenvalue weighted by Gasteiger charge is 2.16. The summed E-state index contributed by atoms with van der Waals surface area (Å²) in [6.07, 6.45) is 0.908. The molecule has 2 aromatic rings. The first-order valence-electron chi connectivity index (χ1n) is 7.00. The smallest absolute Gasteiger partial charge is 0.123 e. The maximum absolute atomic E-state index is 13.4. The van der Waals surface area contributed by atoms with Crippen molar-refractivity contribution >= 4 is 0 Å². The van der Waals surface area contributed by atoms with Gasteiger partial charge in [0.15, 0.2) is 0 Å². The van der Waals surface area contributed by atoms with Crippen LogP contribution in [0.15, 0.2) is 36.4 Å². The van der Waals surface area contributed by atoms with E-state index in [1.807, 2.05) is 20.9 Å². The molecule has 0 heterocycles. The largest absolute Gasteiger partial charge is 0.313 e. The summed E-state index contributed by atoms with van der Waals surface area (Å²) in [7, 11) is 1.96. The van der Waals surface area contributed by atoms with Gasteiger partial charge in [-0.15, -0.1) is 0 Å². The Labute approximate surface area is 120 Å². The molecule has 1 atom stereocenters. The molecule has 20 heavy (non-hydrogen) atoms. The van der Waals surface area contributed by atoms with E-state index in [4.69, 9.17) is 0 Å². The molecule has 0 spiro atoms. The van der Waals surface area contributed by atoms with Crippen LogP contribution in [0.4, 0.5) is 4.39 Å². The van der Waals surface area contributed by atoms with Crippen LogP contribution in [0.25, 0.3) is 0 Å². The molecule has 0 saturated heterocycles. The monoisotopic (exact) mass is 271 g/mol. The van der Waals surface area contributed by atoms with E-state index in [1.165, 1.54) is 16.7 Å². The molecule has 2 heteroatoms. The molecule has 2 rings (SSSR count). The van der Waals surface area contributed by atoms with Gasteiger partial charge in [0.25, 0.3) is 0 Å². The van der Waals surface area contributed by atoms with Gasteiger partial charge >= 0.3 is 0 Å². The first-order chi connectivity index (χ1) is 9.51. The Morgan fingerprint density at radius 3 is 2.25 bits per heavy atom. The Hall–Kier alpha value is -1.67. The van der Waals surface area contributed by atoms with E-state index < -0.39 is 0 Å². The van der Waals surface area contributed by atoms with E-state index in [9.17, 15) is 4.39 Å². The van der Waals surface area contributed by atoms with Crippen molar-refractivity contribution in [2.75, 3.05) is 7.05 Å². The van der Waals surface area contributed by atoms with Crippen LogP contribution in [0.2, 0.25) is 0 Å². The molecule has 1 nitrogen and oxygen atoms in total. The van der Waals surface area contributed by atoms with Gasteiger partial charge in [-0.2, -0.15) is 0 Å². The molecule has 0 aliphatic heterocycles. The zero-order valence-electron chi connectivity index (χ0n) is 12.6. The van der Waals surface area contributed by atoms with Gasteiger partial charge in [0.2, 0.25) is 0 Å². The van der Waals surface area contributed by atoms with Crippen molar-refractivity contribution in [2.45, 2.75) is 33.2 Å². The number of hydrogen-bond donors (Lipinski definition) is 1. The molecule has 1 N–H and O–H groups in total. The van der Waals surface area contributed by atoms with Gasteiger partial charge in [-0.25, -0.2) is 4.39 Å². The SMILES string of the molecule is CNC(Cc1cccc(C)c1)c1c(C)cc(F)cc1C. The van der Waals surface area contributed by atoms with Gasteiger partial charge < -0.3 is 5.32 Å². The van der Waals surface area contributed by atoms with Crippen molar-refractivity contribution in [3.05, 3.63) is 70.0 Å². The molecule has 0 aliphatic rings. The summed E-state index contributed by atoms with van der Waals surface area (Å²) in [6.45, 7) is 6.06. The van der Waals surface area contributed by atoms with Crippen LogP contribution >= 0.6 is 0 Å². The summed E-state index contributed by atoms with van der Waals surface area (Å²) < 4.78 is 13.4. The van der Waals surface area contributed by atoms with E-state index >= 15 is 0 Å². The summed E-state index contributed by atoms with van der Waals surface area (Å²) in [4.78, 5) is 0. The third kappa shape index (κ3) is 3.26. The summed E-state index contributed by atoms with van der Waals surface area (Å²) >= 11 is 0. The molecule has 0 fully saturated rings. The molecular weight excluding hydrogens is 249 g/mol. The summed E-state index contributed by atoms with van der Waals surface area (Å²) in [5.74, 6) is -0.158. The predicted molar refractivity (Wildman–Crippen MR) is 82.6 cm³/mol. The average Bonchev–Trinajstić information content (AvgIpc) is 2.36. The number of halogens is 1. The highest BCUT2D eigenvalue weighted by Crippen LogP contribution is 2.26. The maximum atomic E-state index is 13.4. The fourth-order valence-electron chi connectivity index (χ4n) is 2.89. The highest BCUT2D eigenvalue weighted by molar-refractivity contribution is 5.38. The summed E-state index contributed by atoms with van der Waals surface area (Å²) in [5, 5.41) is 3.36. The zero-order chi connectivity index (χ0) is 14.7. The fraction of sp³-hybridized carbons (Fsp3) is 0.333. The Balaban J connectivity index is 2.34. The normalized spacial score (nSPS) is 12.4. The Morgan fingerprint density at radius 1 is 1.05 bits per heavy atom. The van der Waals surface area contributed by atoms with E-state index in [0.717, 1.165) is 17.5 Å². The fourth-order valence-corrected chi connectivity index (χ4v) is 2.89. The lowest BCUT2D eigenvalue weighted by Crippen LogP contribution is -2.21. The standard InChI is InChI=1S/C18H22FN/c1-12-6-5-7-15(8-12)11-17(20-4)18-13(2)9-16(19)10-14(18)3/h5-10,17,20H,11H2,1-4H3. The van der Waals surface area contributed by atoms with Gasteiger partial charge in [-0.1, -0.05) is 29.8 Å². The van der Waals surface area contributed by atoms with Crippen LogP contribution in [0, 0.1) is 26.6 Å². The highest BCUT2D eigenvalue weighted by atomic mass is 19.1. The van der Waals surface area contributed by atoms with E-state index in [1.54, 1.807) is 12.1 Å². The van der Waals surface area contributed by atoms with Crippen molar-refractivity contribution in [3.63, 3.8) is 0 Å². The number of benzene rings is 2. The minimum absolute atomic E-state index is 0.158. The van der Waals surface area contributed by atoms with Crippen LogP contribution in [0.1, 0.15) is 33.9 Å². The van der Waals surface area contributed by atoms with Gasteiger partial charge in [-0.3, -0.25) is 0 Å². The quantitative estimate of drug-likeness (QED) is 0.876. The van der Waals surface area contributed by atoms with Gasteiger partial charge in [-0.05, 0) is 68.6 Å². The number of aryl methyl sites for hydroxylation is 3. The zero-order valence-corrected chi connectivity index (χ0v) is 12.6. The van der Waals surface area contributed by atoms with Crippen molar-refractivity contribution in [3.8, 4) is 0 Å². The molecule has 2 aromatic carbocycles. The maximum Gasteiger partial charge on any atom is 0.123 e. The van der Waals surface area contributed by atoms with Crippen LogP contribution in [-0.2, 0) is 6.42 Å². The number of nitrogens with one attached hydrogen (secondary N) is 1. The average molecular weight is 271 g/mol. The van der Waals surface area contributed by atoms with Crippen LogP contribution in [0.5, 0.6) is 0 Å². The molecule has 0 saturated carbocycles. The number of likely N-dealkylation sites (N-methyl/N-ethyl adjacent to an activating group) is 1. The van der Waals surface area contributed by atoms with Crippen LogP contribution < -0.4 is 5.32 Å². The second-order valence-electron chi connectivity index (χ2n) is 5.49. The number of rotatable bonds is 4. The van der Waals surface area contributed by atoms with Crippen molar-refractivity contribution in [1.82, 2.24) is 5.32 Å². The lowest BCUT2D eigenvalue weighted by molar-refractivity contribution is 0.578. The molecule has 0 aliphatic carbocycles. The first-order valence-corrected chi connectivity index (χ1v) is 7.00. The Bertz CT molecular complexity index is 581. The van der Waals surface area contributed by atoms with Gasteiger partial charge in [0.05, 0.1) is 0 Å². The second kappa shape index (κ2) is 6.19. The van der Waals surface area contributed by atoms with Crippen LogP contribution in [-0.4, -0.2) is 7.05 Å². The van der Waals surface area contributed by atoms with Crippen molar-refractivity contribution in [1.29, 1.82) is 0 Å². The van der Waals surface area contributed by atoms with Crippen molar-refractivity contribution in [2.24, 2.45) is 0 Å². The lowest BCUT2D eigenvalue weighted by Gasteiger charge is -2.21. The second-order valence-corrected chi connectivity index (χ2v) is 5.49. The molecule has 1 unspecified atom stereocenters. The van der Waals surface area contributed by atoms with E-state index in [2.05, 4.69) is 36.5 Å². The third-order valence-corrected chi connectivity index (χ3v) is 3.78. The predicted octanol–water partition coefficient (Wildman–Crippen LogP) is 4.25. The third-order valence-electron chi connectivity index (χ3n) is 3.78. The van der Waals surface area contributed by atoms with E-state index in [-0.39, 0.29) is 11.9 Å². The molecular formula is C18H22FN. The lowest BCUT2D eigenvalue weighted by atomic mass is 9.91. The van der Waals surface area contributed by atoms with Crippen molar-refractivity contribution < 1.29 is 4.39 Å². The van der Waals surface area contributed by atoms with Crippen LogP contribution in [0.3, 0.4) is 0 Å². The molecule has 0 aromatic heterocycles. The molecule has 0 bridgehead atoms. The van der Waals surface area contributed by atoms with Gasteiger partial charge in [0.1, 0.15) is 5.82 Å². The molecule has 0 radical (unpaired) electrons. The number of hydrogen-bond acceptors (Lipinski definition) is 1. The minimum Gasteiger partial charge on any atom is -0.313 e. The van der Waals surface area contributed by atoms with Gasteiger partial charge in [0, 0.05) is 6.04 Å². The minimum atomic E-state index is -0.158. The summed E-state index contributed by atoms with van der Waals surface area (Å²) in [5.41, 5.74) is 5.79. The topological polar surface area (TPSA) is 12.0 Å². The molecule has 0 amide bonds. The molecule has 106 valence electrons. The van der Waals surface area contributed by atoms with E-state index in [0.29, 0.717) is 0 Å². The Kier molecular flexibility index (Phi) is 4.56. The first kappa shape index (κ1) is 14.7.